The smallest absolute Gasteiger partial charge is 0.244 e. The largest absolute Gasteiger partial charge is 0.369 e. The fraction of sp³-hybridized carbons (Fsp3) is 0.533. The number of nitrogens with zero attached hydrogens (tertiary/aromatic N) is 1. The number of benzene rings is 1. The Morgan fingerprint density at radius 2 is 2.05 bits per heavy atom. The first kappa shape index (κ1) is 14.0. The molecule has 0 radical (unpaired) electrons. The minimum absolute atomic E-state index is 0.0329. The number of carbonyl (C=O) groups is 1. The average Bonchev–Trinajstić information content (AvgIpc) is 2.35. The van der Waals surface area contributed by atoms with Crippen molar-refractivity contribution in [2.45, 2.75) is 38.5 Å². The van der Waals surface area contributed by atoms with Crippen LogP contribution in [0.2, 0.25) is 0 Å². The molecule has 1 aliphatic rings. The van der Waals surface area contributed by atoms with E-state index >= 15 is 0 Å². The Hall–Kier alpha value is -1.39. The van der Waals surface area contributed by atoms with Gasteiger partial charge in [0.2, 0.25) is 5.91 Å². The maximum atomic E-state index is 12.5. The Bertz CT molecular complexity index is 445. The Balaban J connectivity index is 2.11. The molecule has 2 atom stereocenters. The quantitative estimate of drug-likeness (QED) is 0.882. The second kappa shape index (κ2) is 5.31. The van der Waals surface area contributed by atoms with E-state index in [1.165, 1.54) is 0 Å². The Morgan fingerprint density at radius 3 is 2.63 bits per heavy atom. The Labute approximate surface area is 114 Å². The minimum atomic E-state index is -0.595. The van der Waals surface area contributed by atoms with Crippen molar-refractivity contribution in [2.75, 3.05) is 13.1 Å². The summed E-state index contributed by atoms with van der Waals surface area (Å²) in [6, 6.07) is 8.89. The lowest BCUT2D eigenvalue weighted by atomic mass is 10.0. The maximum Gasteiger partial charge on any atom is 0.244 e. The standard InChI is InChI=1S/C15H22N2O2/c1-11-9-17(10-15(2,3)19-11)14(18)13(16)12-7-5-4-6-8-12/h4-8,11,13H,9-10,16H2,1-3H3/t11-,13+/m1/s1. The second-order valence-electron chi connectivity index (χ2n) is 5.80. The first-order chi connectivity index (χ1) is 8.89. The number of morpholine rings is 1. The number of hydrogen-bond donors (Lipinski definition) is 1. The molecule has 0 saturated carbocycles. The van der Waals surface area contributed by atoms with Gasteiger partial charge in [0.15, 0.2) is 0 Å². The molecule has 4 heteroatoms. The Kier molecular flexibility index (Phi) is 3.92. The van der Waals surface area contributed by atoms with Gasteiger partial charge in [0, 0.05) is 13.1 Å². The van der Waals surface area contributed by atoms with Crippen molar-refractivity contribution in [3.05, 3.63) is 35.9 Å². The summed E-state index contributed by atoms with van der Waals surface area (Å²) in [7, 11) is 0. The van der Waals surface area contributed by atoms with Crippen LogP contribution in [0.5, 0.6) is 0 Å². The summed E-state index contributed by atoms with van der Waals surface area (Å²) in [5.41, 5.74) is 6.61. The topological polar surface area (TPSA) is 55.6 Å². The zero-order chi connectivity index (χ0) is 14.0. The molecule has 1 fully saturated rings. The first-order valence-electron chi connectivity index (χ1n) is 6.66. The van der Waals surface area contributed by atoms with E-state index < -0.39 is 6.04 Å². The summed E-state index contributed by atoms with van der Waals surface area (Å²) in [6.07, 6.45) is 0.0377. The predicted molar refractivity (Wildman–Crippen MR) is 74.6 cm³/mol. The van der Waals surface area contributed by atoms with Crippen molar-refractivity contribution < 1.29 is 9.53 Å². The van der Waals surface area contributed by atoms with Gasteiger partial charge in [-0.2, -0.15) is 0 Å². The van der Waals surface area contributed by atoms with E-state index in [-0.39, 0.29) is 17.6 Å². The van der Waals surface area contributed by atoms with Gasteiger partial charge < -0.3 is 15.4 Å². The number of rotatable bonds is 2. The fourth-order valence-corrected chi connectivity index (χ4v) is 2.62. The molecular weight excluding hydrogens is 240 g/mol. The Morgan fingerprint density at radius 1 is 1.42 bits per heavy atom. The highest BCUT2D eigenvalue weighted by atomic mass is 16.5. The molecule has 0 aromatic heterocycles. The molecule has 1 aliphatic heterocycles. The third-order valence-corrected chi connectivity index (χ3v) is 3.31. The van der Waals surface area contributed by atoms with Crippen molar-refractivity contribution in [2.24, 2.45) is 5.73 Å². The molecule has 0 aliphatic carbocycles. The number of hydrogen-bond acceptors (Lipinski definition) is 3. The highest BCUT2D eigenvalue weighted by Gasteiger charge is 2.35. The zero-order valence-electron chi connectivity index (χ0n) is 11.8. The van der Waals surface area contributed by atoms with E-state index in [2.05, 4.69) is 0 Å². The van der Waals surface area contributed by atoms with Crippen LogP contribution in [0.25, 0.3) is 0 Å². The van der Waals surface area contributed by atoms with Crippen molar-refractivity contribution in [1.29, 1.82) is 0 Å². The van der Waals surface area contributed by atoms with Crippen LogP contribution in [0.15, 0.2) is 30.3 Å². The molecule has 0 unspecified atom stereocenters. The summed E-state index contributed by atoms with van der Waals surface area (Å²) >= 11 is 0. The van der Waals surface area contributed by atoms with Crippen LogP contribution in [-0.2, 0) is 9.53 Å². The van der Waals surface area contributed by atoms with Crippen molar-refractivity contribution >= 4 is 5.91 Å². The van der Waals surface area contributed by atoms with E-state index in [0.29, 0.717) is 13.1 Å². The summed E-state index contributed by atoms with van der Waals surface area (Å²) < 4.78 is 5.80. The molecule has 1 saturated heterocycles. The lowest BCUT2D eigenvalue weighted by Gasteiger charge is -2.42. The average molecular weight is 262 g/mol. The third kappa shape index (κ3) is 3.33. The first-order valence-corrected chi connectivity index (χ1v) is 6.66. The van der Waals surface area contributed by atoms with Gasteiger partial charge in [-0.25, -0.2) is 0 Å². The number of carbonyl (C=O) groups excluding carboxylic acids is 1. The number of amides is 1. The van der Waals surface area contributed by atoms with Gasteiger partial charge in [-0.05, 0) is 26.3 Å². The zero-order valence-corrected chi connectivity index (χ0v) is 11.8. The molecule has 0 spiro atoms. The highest BCUT2D eigenvalue weighted by molar-refractivity contribution is 5.83. The van der Waals surface area contributed by atoms with E-state index in [1.54, 1.807) is 0 Å². The predicted octanol–water partition coefficient (Wildman–Crippen LogP) is 1.71. The van der Waals surface area contributed by atoms with Crippen LogP contribution in [-0.4, -0.2) is 35.6 Å². The van der Waals surface area contributed by atoms with Crippen molar-refractivity contribution in [3.8, 4) is 0 Å². The summed E-state index contributed by atoms with van der Waals surface area (Å²) in [4.78, 5) is 14.3. The number of ether oxygens (including phenoxy) is 1. The van der Waals surface area contributed by atoms with E-state index in [0.717, 1.165) is 5.56 Å². The summed E-state index contributed by atoms with van der Waals surface area (Å²) in [5.74, 6) is -0.0329. The molecule has 0 bridgehead atoms. The van der Waals surface area contributed by atoms with Gasteiger partial charge in [-0.15, -0.1) is 0 Å². The van der Waals surface area contributed by atoms with Crippen LogP contribution in [0.4, 0.5) is 0 Å². The monoisotopic (exact) mass is 262 g/mol. The molecule has 1 aromatic rings. The molecule has 1 aromatic carbocycles. The molecule has 2 N–H and O–H groups in total. The van der Waals surface area contributed by atoms with Crippen LogP contribution in [0.3, 0.4) is 0 Å². The van der Waals surface area contributed by atoms with Gasteiger partial charge in [0.25, 0.3) is 0 Å². The molecule has 104 valence electrons. The summed E-state index contributed by atoms with van der Waals surface area (Å²) in [5, 5.41) is 0. The molecule has 4 nitrogen and oxygen atoms in total. The lowest BCUT2D eigenvalue weighted by molar-refractivity contribution is -0.159. The lowest BCUT2D eigenvalue weighted by Crippen LogP contribution is -2.55. The number of nitrogens with two attached hydrogens (primary N) is 1. The normalized spacial score (nSPS) is 24.0. The molecule has 19 heavy (non-hydrogen) atoms. The van der Waals surface area contributed by atoms with Gasteiger partial charge in [-0.1, -0.05) is 30.3 Å². The fourth-order valence-electron chi connectivity index (χ4n) is 2.62. The van der Waals surface area contributed by atoms with E-state index in [9.17, 15) is 4.79 Å². The summed E-state index contributed by atoms with van der Waals surface area (Å²) in [6.45, 7) is 7.16. The maximum absolute atomic E-state index is 12.5. The third-order valence-electron chi connectivity index (χ3n) is 3.31. The highest BCUT2D eigenvalue weighted by Crippen LogP contribution is 2.23. The van der Waals surface area contributed by atoms with Crippen LogP contribution in [0, 0.1) is 0 Å². The van der Waals surface area contributed by atoms with Gasteiger partial charge in [0.05, 0.1) is 11.7 Å². The molecule has 2 rings (SSSR count). The van der Waals surface area contributed by atoms with Crippen molar-refractivity contribution in [3.63, 3.8) is 0 Å². The van der Waals surface area contributed by atoms with Gasteiger partial charge >= 0.3 is 0 Å². The molecular formula is C15H22N2O2. The molecule has 1 heterocycles. The van der Waals surface area contributed by atoms with Crippen LogP contribution < -0.4 is 5.73 Å². The van der Waals surface area contributed by atoms with Gasteiger partial charge in [0.1, 0.15) is 6.04 Å². The van der Waals surface area contributed by atoms with E-state index in [1.807, 2.05) is 56.0 Å². The van der Waals surface area contributed by atoms with Crippen LogP contribution in [0.1, 0.15) is 32.4 Å². The van der Waals surface area contributed by atoms with Gasteiger partial charge in [-0.3, -0.25) is 4.79 Å². The minimum Gasteiger partial charge on any atom is -0.369 e. The molecule has 1 amide bonds. The van der Waals surface area contributed by atoms with E-state index in [4.69, 9.17) is 10.5 Å². The van der Waals surface area contributed by atoms with Crippen molar-refractivity contribution in [1.82, 2.24) is 4.90 Å². The SMILES string of the molecule is C[C@@H]1CN(C(=O)[C@@H](N)c2ccccc2)CC(C)(C)O1. The second-order valence-corrected chi connectivity index (χ2v) is 5.80. The van der Waals surface area contributed by atoms with Crippen LogP contribution >= 0.6 is 0 Å².